The highest BCUT2D eigenvalue weighted by atomic mass is 16.5. The Bertz CT molecular complexity index is 677. The van der Waals surface area contributed by atoms with Crippen molar-refractivity contribution in [2.24, 2.45) is 0 Å². The summed E-state index contributed by atoms with van der Waals surface area (Å²) in [5.41, 5.74) is 2.19. The van der Waals surface area contributed by atoms with Crippen LogP contribution in [0, 0.1) is 0 Å². The van der Waals surface area contributed by atoms with E-state index in [2.05, 4.69) is 5.32 Å². The second kappa shape index (κ2) is 10.1. The Morgan fingerprint density at radius 2 is 2.04 bits per heavy atom. The van der Waals surface area contributed by atoms with E-state index < -0.39 is 0 Å². The Hall–Kier alpha value is -2.41. The number of carbonyl (C=O) groups excluding carboxylic acids is 3. The van der Waals surface area contributed by atoms with Gasteiger partial charge in [0.25, 0.3) is 0 Å². The number of amides is 3. The molecule has 1 heterocycles. The van der Waals surface area contributed by atoms with E-state index in [1.807, 2.05) is 24.3 Å². The van der Waals surface area contributed by atoms with Crippen LogP contribution in [0.5, 0.6) is 0 Å². The Morgan fingerprint density at radius 3 is 2.74 bits per heavy atom. The first-order valence-corrected chi connectivity index (χ1v) is 9.28. The third-order valence-corrected chi connectivity index (χ3v) is 4.84. The van der Waals surface area contributed by atoms with Gasteiger partial charge in [0.2, 0.25) is 17.7 Å². The lowest BCUT2D eigenvalue weighted by Crippen LogP contribution is -2.43. The molecule has 0 saturated heterocycles. The molecule has 1 aliphatic rings. The summed E-state index contributed by atoms with van der Waals surface area (Å²) in [6.07, 6.45) is 1.69. The fourth-order valence-electron chi connectivity index (χ4n) is 3.37. The molecule has 0 saturated carbocycles. The van der Waals surface area contributed by atoms with Gasteiger partial charge in [0.1, 0.15) is 0 Å². The molecule has 0 spiro atoms. The Kier molecular flexibility index (Phi) is 7.79. The minimum atomic E-state index is -0.285. The minimum absolute atomic E-state index is 0.000252. The molecule has 7 heteroatoms. The monoisotopic (exact) mass is 375 g/mol. The van der Waals surface area contributed by atoms with Gasteiger partial charge in [-0.1, -0.05) is 24.3 Å². The van der Waals surface area contributed by atoms with Crippen LogP contribution < -0.4 is 5.32 Å². The highest BCUT2D eigenvalue weighted by Gasteiger charge is 2.31. The van der Waals surface area contributed by atoms with Gasteiger partial charge in [0, 0.05) is 40.8 Å². The second-order valence-electron chi connectivity index (χ2n) is 6.83. The quantitative estimate of drug-likeness (QED) is 0.691. The zero-order valence-electron chi connectivity index (χ0n) is 16.4. The molecule has 0 radical (unpaired) electrons. The lowest BCUT2D eigenvalue weighted by Gasteiger charge is -2.37. The molecular weight excluding hydrogens is 346 g/mol. The van der Waals surface area contributed by atoms with Crippen molar-refractivity contribution in [3.63, 3.8) is 0 Å². The number of likely N-dealkylation sites (N-methyl/N-ethyl adjacent to an activating group) is 1. The summed E-state index contributed by atoms with van der Waals surface area (Å²) in [6, 6.07) is 7.64. The molecule has 0 fully saturated rings. The van der Waals surface area contributed by atoms with Gasteiger partial charge in [-0.2, -0.15) is 0 Å². The van der Waals surface area contributed by atoms with Gasteiger partial charge in [-0.25, -0.2) is 0 Å². The van der Waals surface area contributed by atoms with Crippen LogP contribution >= 0.6 is 0 Å². The zero-order chi connectivity index (χ0) is 19.8. The zero-order valence-corrected chi connectivity index (χ0v) is 16.4. The van der Waals surface area contributed by atoms with Gasteiger partial charge >= 0.3 is 0 Å². The standard InChI is InChI=1S/C20H29N3O4/c1-15(24)23-11-9-16-7-4-5-8-17(16)18(23)13-20(26)22(2)14-19(25)21-10-6-12-27-3/h4-5,7-8,18H,6,9-14H2,1-3H3,(H,21,25). The van der Waals surface area contributed by atoms with Crippen LogP contribution in [0.4, 0.5) is 0 Å². The summed E-state index contributed by atoms with van der Waals surface area (Å²) in [5.74, 6) is -0.398. The van der Waals surface area contributed by atoms with Gasteiger partial charge in [-0.05, 0) is 24.0 Å². The van der Waals surface area contributed by atoms with Gasteiger partial charge in [-0.15, -0.1) is 0 Å². The van der Waals surface area contributed by atoms with Crippen molar-refractivity contribution in [2.75, 3.05) is 40.4 Å². The maximum absolute atomic E-state index is 12.7. The number of hydrogen-bond donors (Lipinski definition) is 1. The maximum atomic E-state index is 12.7. The van der Waals surface area contributed by atoms with Crippen molar-refractivity contribution in [3.05, 3.63) is 35.4 Å². The molecule has 7 nitrogen and oxygen atoms in total. The van der Waals surface area contributed by atoms with Crippen molar-refractivity contribution in [1.29, 1.82) is 0 Å². The Labute approximate surface area is 160 Å². The predicted octanol–water partition coefficient (Wildman–Crippen LogP) is 1.13. The van der Waals surface area contributed by atoms with Crippen molar-refractivity contribution in [3.8, 4) is 0 Å². The van der Waals surface area contributed by atoms with Gasteiger partial charge in [0.05, 0.1) is 19.0 Å². The third-order valence-electron chi connectivity index (χ3n) is 4.84. The van der Waals surface area contributed by atoms with Crippen LogP contribution in [-0.2, 0) is 25.5 Å². The molecule has 27 heavy (non-hydrogen) atoms. The van der Waals surface area contributed by atoms with E-state index in [9.17, 15) is 14.4 Å². The molecule has 3 amide bonds. The molecule has 1 aromatic rings. The maximum Gasteiger partial charge on any atom is 0.239 e. The minimum Gasteiger partial charge on any atom is -0.385 e. The number of fused-ring (bicyclic) bond motifs is 1. The molecule has 1 unspecified atom stereocenters. The predicted molar refractivity (Wildman–Crippen MR) is 102 cm³/mol. The van der Waals surface area contributed by atoms with E-state index in [0.29, 0.717) is 19.7 Å². The first-order chi connectivity index (χ1) is 12.9. The number of hydrogen-bond acceptors (Lipinski definition) is 4. The topological polar surface area (TPSA) is 79.0 Å². The molecule has 0 aromatic heterocycles. The largest absolute Gasteiger partial charge is 0.385 e. The van der Waals surface area contributed by atoms with Crippen molar-refractivity contribution >= 4 is 17.7 Å². The van der Waals surface area contributed by atoms with Crippen molar-refractivity contribution < 1.29 is 19.1 Å². The van der Waals surface area contributed by atoms with Gasteiger partial charge in [0.15, 0.2) is 0 Å². The molecular formula is C20H29N3O4. The number of nitrogens with zero attached hydrogens (tertiary/aromatic N) is 2. The number of nitrogens with one attached hydrogen (secondary N) is 1. The summed E-state index contributed by atoms with van der Waals surface area (Å²) >= 11 is 0. The van der Waals surface area contributed by atoms with E-state index in [-0.39, 0.29) is 36.7 Å². The number of rotatable bonds is 8. The summed E-state index contributed by atoms with van der Waals surface area (Å²) in [4.78, 5) is 39.9. The molecule has 1 N–H and O–H groups in total. The smallest absolute Gasteiger partial charge is 0.239 e. The average Bonchev–Trinajstić information content (AvgIpc) is 2.65. The normalized spacial score (nSPS) is 15.8. The van der Waals surface area contributed by atoms with E-state index in [4.69, 9.17) is 4.74 Å². The first kappa shape index (κ1) is 20.9. The second-order valence-corrected chi connectivity index (χ2v) is 6.83. The summed E-state index contributed by atoms with van der Waals surface area (Å²) in [5, 5.41) is 2.77. The van der Waals surface area contributed by atoms with Crippen molar-refractivity contribution in [1.82, 2.24) is 15.1 Å². The molecule has 148 valence electrons. The highest BCUT2D eigenvalue weighted by Crippen LogP contribution is 2.32. The molecule has 1 atom stereocenters. The fourth-order valence-corrected chi connectivity index (χ4v) is 3.37. The molecule has 1 aliphatic heterocycles. The molecule has 0 aliphatic carbocycles. The lowest BCUT2D eigenvalue weighted by atomic mass is 9.90. The van der Waals surface area contributed by atoms with E-state index in [0.717, 1.165) is 18.4 Å². The van der Waals surface area contributed by atoms with Crippen LogP contribution in [0.3, 0.4) is 0 Å². The Morgan fingerprint density at radius 1 is 1.30 bits per heavy atom. The van der Waals surface area contributed by atoms with Gasteiger partial charge in [-0.3, -0.25) is 14.4 Å². The van der Waals surface area contributed by atoms with E-state index in [1.54, 1.807) is 19.1 Å². The summed E-state index contributed by atoms with van der Waals surface area (Å²) < 4.78 is 4.94. The number of benzene rings is 1. The summed E-state index contributed by atoms with van der Waals surface area (Å²) in [6.45, 7) is 3.23. The van der Waals surface area contributed by atoms with Crippen LogP contribution in [0.1, 0.15) is 36.9 Å². The average molecular weight is 375 g/mol. The highest BCUT2D eigenvalue weighted by molar-refractivity contribution is 5.85. The van der Waals surface area contributed by atoms with Crippen molar-refractivity contribution in [2.45, 2.75) is 32.2 Å². The Balaban J connectivity index is 1.97. The van der Waals surface area contributed by atoms with Crippen LogP contribution in [-0.4, -0.2) is 67.9 Å². The number of ether oxygens (including phenoxy) is 1. The van der Waals surface area contributed by atoms with E-state index in [1.165, 1.54) is 17.4 Å². The first-order valence-electron chi connectivity index (χ1n) is 9.28. The summed E-state index contributed by atoms with van der Waals surface area (Å²) in [7, 11) is 3.23. The third kappa shape index (κ3) is 5.79. The fraction of sp³-hybridized carbons (Fsp3) is 0.550. The molecule has 2 rings (SSSR count). The van der Waals surface area contributed by atoms with Crippen LogP contribution in [0.2, 0.25) is 0 Å². The van der Waals surface area contributed by atoms with Crippen LogP contribution in [0.25, 0.3) is 0 Å². The van der Waals surface area contributed by atoms with Gasteiger partial charge < -0.3 is 19.9 Å². The van der Waals surface area contributed by atoms with Crippen LogP contribution in [0.15, 0.2) is 24.3 Å². The SMILES string of the molecule is COCCCNC(=O)CN(C)C(=O)CC1c2ccccc2CCN1C(C)=O. The lowest BCUT2D eigenvalue weighted by molar-refractivity contribution is -0.138. The van der Waals surface area contributed by atoms with E-state index >= 15 is 0 Å². The molecule has 0 bridgehead atoms. The molecule has 1 aromatic carbocycles. The number of carbonyl (C=O) groups is 3. The number of methoxy groups -OCH3 is 1.